The minimum atomic E-state index is -4.86. The Morgan fingerprint density at radius 2 is 1.85 bits per heavy atom. The van der Waals surface area contributed by atoms with Gasteiger partial charge in [-0.3, -0.25) is 4.79 Å². The predicted molar refractivity (Wildman–Crippen MR) is 119 cm³/mol. The average Bonchev–Trinajstić information content (AvgIpc) is 3.14. The molecule has 1 saturated carbocycles. The molecule has 34 heavy (non-hydrogen) atoms. The second-order valence-electron chi connectivity index (χ2n) is 9.26. The summed E-state index contributed by atoms with van der Waals surface area (Å²) in [6.45, 7) is 1.70. The monoisotopic (exact) mass is 480 g/mol. The Kier molecular flexibility index (Phi) is 6.50. The quantitative estimate of drug-likeness (QED) is 0.634. The van der Waals surface area contributed by atoms with Crippen LogP contribution in [0.2, 0.25) is 0 Å². The van der Waals surface area contributed by atoms with Crippen LogP contribution in [0.3, 0.4) is 0 Å². The van der Waals surface area contributed by atoms with E-state index in [1.54, 1.807) is 14.2 Å². The van der Waals surface area contributed by atoms with Gasteiger partial charge in [-0.05, 0) is 68.1 Å². The highest BCUT2D eigenvalue weighted by atomic mass is 19.4. The van der Waals surface area contributed by atoms with Crippen molar-refractivity contribution in [2.24, 2.45) is 5.92 Å². The highest BCUT2D eigenvalue weighted by Crippen LogP contribution is 2.49. The van der Waals surface area contributed by atoms with Crippen LogP contribution in [0.25, 0.3) is 0 Å². The van der Waals surface area contributed by atoms with E-state index in [-0.39, 0.29) is 22.9 Å². The molecule has 184 valence electrons. The van der Waals surface area contributed by atoms with Gasteiger partial charge in [0.2, 0.25) is 0 Å². The number of benzene rings is 2. The van der Waals surface area contributed by atoms with Crippen LogP contribution in [0, 0.1) is 11.7 Å². The highest BCUT2D eigenvalue weighted by Gasteiger charge is 2.50. The number of hydrogen-bond donors (Lipinski definition) is 1. The molecule has 0 bridgehead atoms. The molecule has 0 radical (unpaired) electrons. The third-order valence-corrected chi connectivity index (χ3v) is 7.20. The van der Waals surface area contributed by atoms with Gasteiger partial charge < -0.3 is 19.7 Å². The lowest BCUT2D eigenvalue weighted by Gasteiger charge is -2.43. The molecule has 0 unspecified atom stereocenters. The summed E-state index contributed by atoms with van der Waals surface area (Å²) in [5.41, 5.74) is -0.602. The Balaban J connectivity index is 1.53. The summed E-state index contributed by atoms with van der Waals surface area (Å²) in [7, 11) is 5.25. The molecule has 1 aliphatic carbocycles. The normalized spacial score (nSPS) is 25.0. The fourth-order valence-corrected chi connectivity index (χ4v) is 5.60. The third kappa shape index (κ3) is 4.45. The van der Waals surface area contributed by atoms with E-state index in [1.165, 1.54) is 0 Å². The summed E-state index contributed by atoms with van der Waals surface area (Å²) in [5, 5.41) is 2.88. The summed E-state index contributed by atoms with van der Waals surface area (Å²) >= 11 is 0. The van der Waals surface area contributed by atoms with E-state index in [1.807, 2.05) is 12.1 Å². The van der Waals surface area contributed by atoms with Crippen LogP contribution in [0.15, 0.2) is 36.4 Å². The average molecular weight is 481 g/mol. The van der Waals surface area contributed by atoms with Crippen molar-refractivity contribution in [3.63, 3.8) is 0 Å². The van der Waals surface area contributed by atoms with Gasteiger partial charge in [0.25, 0.3) is 5.91 Å². The van der Waals surface area contributed by atoms with Gasteiger partial charge in [-0.15, -0.1) is 0 Å². The molecule has 4 rings (SSSR count). The summed E-state index contributed by atoms with van der Waals surface area (Å²) in [6, 6.07) is 8.14. The maximum atomic E-state index is 13.6. The summed E-state index contributed by atoms with van der Waals surface area (Å²) in [5.74, 6) is -0.455. The van der Waals surface area contributed by atoms with Crippen molar-refractivity contribution in [1.29, 1.82) is 0 Å². The van der Waals surface area contributed by atoms with Crippen LogP contribution >= 0.6 is 0 Å². The Bertz CT molecular complexity index is 1070. The molecule has 9 heteroatoms. The number of likely N-dealkylation sites (tertiary alicyclic amines) is 1. The lowest BCUT2D eigenvalue weighted by Crippen LogP contribution is -2.47. The molecular weight excluding hydrogens is 452 g/mol. The second kappa shape index (κ2) is 9.09. The standard InChI is InChI=1S/C25H28F4N2O3/c1-31-13-17-11-18(30-23(32)15-4-6-20(26)19(10-15)25(27,28)29)8-9-24(17,14-31)16-5-7-21(33-2)22(12-16)34-3/h4-7,10,12,17-18H,8-9,11,13-14H2,1-3H3,(H,30,32)/t17-,18-,24+/m1/s1. The van der Waals surface area contributed by atoms with Crippen LogP contribution in [-0.2, 0) is 11.6 Å². The molecule has 0 aromatic heterocycles. The maximum Gasteiger partial charge on any atom is 0.419 e. The Labute approximate surface area is 196 Å². The topological polar surface area (TPSA) is 50.8 Å². The molecule has 2 aromatic carbocycles. The number of hydrogen-bond acceptors (Lipinski definition) is 4. The molecular formula is C25H28F4N2O3. The number of nitrogens with one attached hydrogen (secondary N) is 1. The van der Waals surface area contributed by atoms with Crippen molar-refractivity contribution in [2.75, 3.05) is 34.4 Å². The van der Waals surface area contributed by atoms with E-state index in [0.717, 1.165) is 31.1 Å². The van der Waals surface area contributed by atoms with E-state index in [4.69, 9.17) is 9.47 Å². The van der Waals surface area contributed by atoms with Gasteiger partial charge in [-0.1, -0.05) is 6.07 Å². The van der Waals surface area contributed by atoms with Gasteiger partial charge >= 0.3 is 6.18 Å². The molecule has 1 saturated heterocycles. The Hall–Kier alpha value is -2.81. The molecule has 3 atom stereocenters. The minimum Gasteiger partial charge on any atom is -0.493 e. The molecule has 1 amide bonds. The van der Waals surface area contributed by atoms with Crippen molar-refractivity contribution in [2.45, 2.75) is 36.9 Å². The van der Waals surface area contributed by atoms with Gasteiger partial charge in [0.05, 0.1) is 19.8 Å². The summed E-state index contributed by atoms with van der Waals surface area (Å²) < 4.78 is 63.6. The number of nitrogens with zero attached hydrogens (tertiary/aromatic N) is 1. The minimum absolute atomic E-state index is 0.116. The lowest BCUT2D eigenvalue weighted by molar-refractivity contribution is -0.140. The van der Waals surface area contributed by atoms with Crippen LogP contribution < -0.4 is 14.8 Å². The smallest absolute Gasteiger partial charge is 0.419 e. The van der Waals surface area contributed by atoms with E-state index >= 15 is 0 Å². The highest BCUT2D eigenvalue weighted by molar-refractivity contribution is 5.94. The van der Waals surface area contributed by atoms with E-state index < -0.39 is 23.5 Å². The van der Waals surface area contributed by atoms with E-state index in [9.17, 15) is 22.4 Å². The molecule has 1 aliphatic heterocycles. The predicted octanol–water partition coefficient (Wildman–Crippen LogP) is 4.64. The fourth-order valence-electron chi connectivity index (χ4n) is 5.60. The van der Waals surface area contributed by atoms with Gasteiger partial charge in [0.15, 0.2) is 11.5 Å². The molecule has 1 heterocycles. The van der Waals surface area contributed by atoms with Crippen molar-refractivity contribution in [1.82, 2.24) is 10.2 Å². The second-order valence-corrected chi connectivity index (χ2v) is 9.26. The first-order chi connectivity index (χ1) is 16.1. The van der Waals surface area contributed by atoms with Crippen molar-refractivity contribution in [3.8, 4) is 11.5 Å². The number of amides is 1. The molecule has 2 aliphatic rings. The largest absolute Gasteiger partial charge is 0.493 e. The summed E-state index contributed by atoms with van der Waals surface area (Å²) in [4.78, 5) is 15.0. The zero-order valence-corrected chi connectivity index (χ0v) is 19.3. The van der Waals surface area contributed by atoms with Crippen molar-refractivity contribution < 1.29 is 31.8 Å². The van der Waals surface area contributed by atoms with Crippen LogP contribution in [0.1, 0.15) is 40.7 Å². The van der Waals surface area contributed by atoms with E-state index in [2.05, 4.69) is 23.3 Å². The van der Waals surface area contributed by atoms with Gasteiger partial charge in [0, 0.05) is 30.1 Å². The number of fused-ring (bicyclic) bond motifs is 1. The van der Waals surface area contributed by atoms with Gasteiger partial charge in [-0.25, -0.2) is 4.39 Å². The maximum absolute atomic E-state index is 13.6. The third-order valence-electron chi connectivity index (χ3n) is 7.20. The van der Waals surface area contributed by atoms with Crippen molar-refractivity contribution in [3.05, 3.63) is 58.9 Å². The number of alkyl halides is 3. The molecule has 2 fully saturated rings. The number of likely N-dealkylation sites (N-methyl/N-ethyl adjacent to an activating group) is 1. The molecule has 2 aromatic rings. The first-order valence-electron chi connectivity index (χ1n) is 11.2. The van der Waals surface area contributed by atoms with Gasteiger partial charge in [-0.2, -0.15) is 13.2 Å². The number of ether oxygens (including phenoxy) is 2. The summed E-state index contributed by atoms with van der Waals surface area (Å²) in [6.07, 6.45) is -2.69. The number of halogens is 4. The first kappa shape index (κ1) is 24.3. The molecule has 0 spiro atoms. The van der Waals surface area contributed by atoms with Crippen molar-refractivity contribution >= 4 is 5.91 Å². The van der Waals surface area contributed by atoms with Gasteiger partial charge in [0.1, 0.15) is 5.82 Å². The SMILES string of the molecule is COc1ccc([C@@]23CC[C@@H](NC(=O)c4ccc(F)c(C(F)(F)F)c4)C[C@@H]2CN(C)C3)cc1OC. The number of methoxy groups -OCH3 is 2. The van der Waals surface area contributed by atoms with E-state index in [0.29, 0.717) is 36.5 Å². The molecule has 5 nitrogen and oxygen atoms in total. The van der Waals surface area contributed by atoms with Crippen LogP contribution in [0.5, 0.6) is 11.5 Å². The Morgan fingerprint density at radius 1 is 1.12 bits per heavy atom. The zero-order chi connectivity index (χ0) is 24.7. The number of rotatable bonds is 5. The Morgan fingerprint density at radius 3 is 2.53 bits per heavy atom. The lowest BCUT2D eigenvalue weighted by atomic mass is 9.63. The fraction of sp³-hybridized carbons (Fsp3) is 0.480. The number of carbonyl (C=O) groups excluding carboxylic acids is 1. The van der Waals surface area contributed by atoms with Crippen LogP contribution in [-0.4, -0.2) is 51.2 Å². The molecule has 1 N–H and O–H groups in total. The van der Waals surface area contributed by atoms with Crippen LogP contribution in [0.4, 0.5) is 17.6 Å². The first-order valence-corrected chi connectivity index (χ1v) is 11.2. The number of carbonyl (C=O) groups is 1. The zero-order valence-electron chi connectivity index (χ0n) is 19.3.